The number of methoxy groups -OCH3 is 5. The summed E-state index contributed by atoms with van der Waals surface area (Å²) in [6.45, 7) is 1.36. The molecule has 0 saturated heterocycles. The maximum absolute atomic E-state index is 10.3. The van der Waals surface area contributed by atoms with E-state index in [-0.39, 0.29) is 12.4 Å². The van der Waals surface area contributed by atoms with E-state index in [0.717, 1.165) is 0 Å². The highest BCUT2D eigenvalue weighted by molar-refractivity contribution is 6.61. The summed E-state index contributed by atoms with van der Waals surface area (Å²) in [5.74, 6) is -1.41. The van der Waals surface area contributed by atoms with Crippen LogP contribution in [0.15, 0.2) is 0 Å². The minimum absolute atomic E-state index is 0.245. The minimum Gasteiger partial charge on any atom is -0.469 e. The van der Waals surface area contributed by atoms with Crippen LogP contribution < -0.4 is 0 Å². The van der Waals surface area contributed by atoms with Crippen molar-refractivity contribution in [1.82, 2.24) is 0 Å². The average Bonchev–Trinajstić information content (AvgIpc) is 2.55. The molecular weight excluding hydrogens is 375 g/mol. The molecule has 0 aromatic carbocycles. The number of esters is 3. The average molecular weight is 395 g/mol. The van der Waals surface area contributed by atoms with Gasteiger partial charge in [0.1, 0.15) is 6.42 Å². The number of rotatable bonds is 2. The van der Waals surface area contributed by atoms with Crippen LogP contribution in [0.25, 0.3) is 0 Å². The summed E-state index contributed by atoms with van der Waals surface area (Å²) in [6, 6.07) is 0. The zero-order chi connectivity index (χ0) is 20.1. The quantitative estimate of drug-likeness (QED) is 0.295. The van der Waals surface area contributed by atoms with Gasteiger partial charge in [0, 0.05) is 30.1 Å². The molecule has 0 radical (unpaired) electrons. The van der Waals surface area contributed by atoms with Gasteiger partial charge < -0.3 is 23.7 Å². The number of hydrogen-bond acceptors (Lipinski definition) is 10. The lowest BCUT2D eigenvalue weighted by Crippen LogP contribution is -2.09. The number of ether oxygens (including phenoxy) is 5. The molecule has 0 amide bonds. The van der Waals surface area contributed by atoms with E-state index >= 15 is 0 Å². The molecule has 24 heavy (non-hydrogen) atoms. The summed E-state index contributed by atoms with van der Waals surface area (Å²) in [6.07, 6.45) is -0.312. The van der Waals surface area contributed by atoms with Crippen LogP contribution in [-0.2, 0) is 38.1 Å². The zero-order valence-electron chi connectivity index (χ0n) is 14.0. The van der Waals surface area contributed by atoms with Gasteiger partial charge in [-0.1, -0.05) is 0 Å². The molecule has 0 fully saturated rings. The normalized spacial score (nSPS) is 7.33. The summed E-state index contributed by atoms with van der Waals surface area (Å²) in [5.41, 5.74) is -1.55. The first-order valence-electron chi connectivity index (χ1n) is 5.67. The fourth-order valence-electron chi connectivity index (χ4n) is 0.262. The Bertz CT molecular complexity index is 337. The Balaban J connectivity index is -0.000000116. The van der Waals surface area contributed by atoms with Crippen molar-refractivity contribution in [1.29, 1.82) is 0 Å². The van der Waals surface area contributed by atoms with Crippen molar-refractivity contribution in [3.8, 4) is 0 Å². The molecule has 0 saturated carbocycles. The Hall–Kier alpha value is -2.07. The third-order valence-electron chi connectivity index (χ3n) is 1.35. The fourth-order valence-corrected chi connectivity index (χ4v) is 0.262. The van der Waals surface area contributed by atoms with Crippen molar-refractivity contribution in [3.05, 3.63) is 0 Å². The van der Waals surface area contributed by atoms with Crippen molar-refractivity contribution < 1.29 is 47.7 Å². The first kappa shape index (κ1) is 29.9. The molecule has 0 heterocycles. The second kappa shape index (κ2) is 23.2. The van der Waals surface area contributed by atoms with Gasteiger partial charge in [0.2, 0.25) is 0 Å². The SMILES string of the molecule is COC(=O)CC(=O)OC.COC(=O)Cl.COC(=O)Cl.COC(C)=O. The van der Waals surface area contributed by atoms with Crippen molar-refractivity contribution in [2.45, 2.75) is 13.3 Å². The summed E-state index contributed by atoms with van der Waals surface area (Å²) in [7, 11) is 6.21. The van der Waals surface area contributed by atoms with Crippen LogP contribution >= 0.6 is 23.2 Å². The molecule has 0 aliphatic carbocycles. The van der Waals surface area contributed by atoms with Gasteiger partial charge in [-0.3, -0.25) is 14.4 Å². The Morgan fingerprint density at radius 1 is 0.625 bits per heavy atom. The van der Waals surface area contributed by atoms with E-state index in [9.17, 15) is 24.0 Å². The number of hydrogen-bond donors (Lipinski definition) is 0. The van der Waals surface area contributed by atoms with E-state index in [4.69, 9.17) is 0 Å². The molecule has 0 N–H and O–H groups in total. The van der Waals surface area contributed by atoms with Crippen molar-refractivity contribution in [2.24, 2.45) is 0 Å². The fraction of sp³-hybridized carbons (Fsp3) is 0.583. The van der Waals surface area contributed by atoms with Gasteiger partial charge in [-0.15, -0.1) is 0 Å². The summed E-state index contributed by atoms with van der Waals surface area (Å²) in [5, 5.41) is 0. The molecule has 0 unspecified atom stereocenters. The summed E-state index contributed by atoms with van der Waals surface area (Å²) in [4.78, 5) is 48.8. The van der Waals surface area contributed by atoms with Crippen molar-refractivity contribution in [3.63, 3.8) is 0 Å². The molecular formula is C12H20Cl2O10. The van der Waals surface area contributed by atoms with Crippen molar-refractivity contribution >= 4 is 52.0 Å². The summed E-state index contributed by atoms with van der Waals surface area (Å²) >= 11 is 9.20. The van der Waals surface area contributed by atoms with Crippen LogP contribution in [0.1, 0.15) is 13.3 Å². The van der Waals surface area contributed by atoms with Crippen LogP contribution in [-0.4, -0.2) is 64.3 Å². The largest absolute Gasteiger partial charge is 0.469 e. The zero-order valence-corrected chi connectivity index (χ0v) is 15.6. The lowest BCUT2D eigenvalue weighted by Gasteiger charge is -1.95. The van der Waals surface area contributed by atoms with Crippen LogP contribution in [0.5, 0.6) is 0 Å². The molecule has 0 rings (SSSR count). The molecule has 12 heteroatoms. The molecule has 0 spiro atoms. The molecule has 0 aliphatic rings. The highest BCUT2D eigenvalue weighted by atomic mass is 35.5. The predicted octanol–water partition coefficient (Wildman–Crippen LogP) is 1.89. The van der Waals surface area contributed by atoms with Crippen LogP contribution in [0.3, 0.4) is 0 Å². The van der Waals surface area contributed by atoms with E-state index in [1.807, 2.05) is 0 Å². The van der Waals surface area contributed by atoms with E-state index in [1.165, 1.54) is 42.5 Å². The van der Waals surface area contributed by atoms with Gasteiger partial charge in [-0.2, -0.15) is 0 Å². The Kier molecular flexibility index (Phi) is 28.9. The minimum atomic E-state index is -0.773. The number of carbonyl (C=O) groups is 5. The van der Waals surface area contributed by atoms with Crippen LogP contribution in [0, 0.1) is 0 Å². The number of halogens is 2. The van der Waals surface area contributed by atoms with E-state index < -0.39 is 22.8 Å². The van der Waals surface area contributed by atoms with Gasteiger partial charge >= 0.3 is 28.8 Å². The third kappa shape index (κ3) is 50.2. The maximum Gasteiger partial charge on any atom is 0.403 e. The third-order valence-corrected chi connectivity index (χ3v) is 1.66. The van der Waals surface area contributed by atoms with Gasteiger partial charge in [-0.05, 0) is 0 Å². The van der Waals surface area contributed by atoms with Gasteiger partial charge in [0.05, 0.1) is 35.5 Å². The molecule has 0 atom stereocenters. The van der Waals surface area contributed by atoms with E-state index in [2.05, 4.69) is 46.9 Å². The first-order valence-corrected chi connectivity index (χ1v) is 6.42. The van der Waals surface area contributed by atoms with Gasteiger partial charge in [0.15, 0.2) is 0 Å². The molecule has 0 aliphatic heterocycles. The lowest BCUT2D eigenvalue weighted by molar-refractivity contribution is -0.151. The standard InChI is InChI=1S/C5H8O4.C3H6O2.2C2H3ClO2/c1-8-4(6)3-5(7)9-2;1-3(4)5-2;2*1-5-2(3)4/h3H2,1-2H3;1-2H3;2*1H3. The Morgan fingerprint density at radius 2 is 0.833 bits per heavy atom. The predicted molar refractivity (Wildman–Crippen MR) is 82.9 cm³/mol. The van der Waals surface area contributed by atoms with E-state index in [0.29, 0.717) is 0 Å². The van der Waals surface area contributed by atoms with E-state index in [1.54, 1.807) is 0 Å². The highest BCUT2D eigenvalue weighted by Gasteiger charge is 2.07. The second-order valence-electron chi connectivity index (χ2n) is 2.91. The Morgan fingerprint density at radius 3 is 0.917 bits per heavy atom. The first-order chi connectivity index (χ1) is 11.0. The monoisotopic (exact) mass is 394 g/mol. The highest BCUT2D eigenvalue weighted by Crippen LogP contribution is 1.85. The second-order valence-corrected chi connectivity index (χ2v) is 3.53. The molecule has 142 valence electrons. The van der Waals surface area contributed by atoms with Crippen LogP contribution in [0.4, 0.5) is 9.59 Å². The smallest absolute Gasteiger partial charge is 0.403 e. The Labute approximate surface area is 149 Å². The molecule has 0 aromatic heterocycles. The topological polar surface area (TPSA) is 132 Å². The summed E-state index contributed by atoms with van der Waals surface area (Å²) < 4.78 is 20.2. The molecule has 0 bridgehead atoms. The molecule has 0 aromatic rings. The van der Waals surface area contributed by atoms with Crippen LogP contribution in [0.2, 0.25) is 0 Å². The maximum atomic E-state index is 10.3. The van der Waals surface area contributed by atoms with Gasteiger partial charge in [0.25, 0.3) is 0 Å². The molecule has 10 nitrogen and oxygen atoms in total. The number of carbonyl (C=O) groups excluding carboxylic acids is 5. The van der Waals surface area contributed by atoms with Crippen molar-refractivity contribution in [2.75, 3.05) is 35.5 Å². The van der Waals surface area contributed by atoms with Gasteiger partial charge in [-0.25, -0.2) is 9.59 Å². The lowest BCUT2D eigenvalue weighted by atomic mass is 10.4.